The van der Waals surface area contributed by atoms with E-state index >= 15 is 0 Å². The van der Waals surface area contributed by atoms with Gasteiger partial charge in [0.2, 0.25) is 0 Å². The Morgan fingerprint density at radius 2 is 1.61 bits per heavy atom. The first-order valence-electron chi connectivity index (χ1n) is 7.65. The summed E-state index contributed by atoms with van der Waals surface area (Å²) in [4.78, 5) is 23.3. The summed E-state index contributed by atoms with van der Waals surface area (Å²) >= 11 is 0. The van der Waals surface area contributed by atoms with Crippen LogP contribution in [0.15, 0.2) is 54.6 Å². The van der Waals surface area contributed by atoms with Gasteiger partial charge in [-0.05, 0) is 43.9 Å². The number of carboxylic acids is 1. The second kappa shape index (κ2) is 8.13. The van der Waals surface area contributed by atoms with E-state index in [9.17, 15) is 9.59 Å². The fourth-order valence-electron chi connectivity index (χ4n) is 2.39. The summed E-state index contributed by atoms with van der Waals surface area (Å²) in [6.07, 6.45) is 2.30. The van der Waals surface area contributed by atoms with Gasteiger partial charge in [0.1, 0.15) is 0 Å². The van der Waals surface area contributed by atoms with Crippen molar-refractivity contribution in [2.24, 2.45) is 0 Å². The SMILES string of the molecule is C[C@H](CCCc1ccccc1)OC(=O)c1ccccc1C(=O)O. The van der Waals surface area contributed by atoms with Crippen molar-refractivity contribution in [1.82, 2.24) is 0 Å². The lowest BCUT2D eigenvalue weighted by molar-refractivity contribution is 0.0315. The molecule has 0 aliphatic heterocycles. The summed E-state index contributed by atoms with van der Waals surface area (Å²) in [6, 6.07) is 16.2. The summed E-state index contributed by atoms with van der Waals surface area (Å²) < 4.78 is 5.36. The first kappa shape index (κ1) is 16.7. The van der Waals surface area contributed by atoms with Crippen LogP contribution < -0.4 is 0 Å². The third-order valence-electron chi connectivity index (χ3n) is 3.60. The Balaban J connectivity index is 1.86. The number of hydrogen-bond acceptors (Lipinski definition) is 3. The van der Waals surface area contributed by atoms with Crippen molar-refractivity contribution < 1.29 is 19.4 Å². The van der Waals surface area contributed by atoms with Gasteiger partial charge in [-0.2, -0.15) is 0 Å². The van der Waals surface area contributed by atoms with Gasteiger partial charge in [0.05, 0.1) is 17.2 Å². The van der Waals surface area contributed by atoms with Gasteiger partial charge in [0.15, 0.2) is 0 Å². The molecular weight excluding hydrogens is 292 g/mol. The third kappa shape index (κ3) is 4.95. The van der Waals surface area contributed by atoms with E-state index in [0.29, 0.717) is 0 Å². The number of carboxylic acid groups (broad SMARTS) is 1. The number of benzene rings is 2. The lowest BCUT2D eigenvalue weighted by atomic mass is 10.1. The molecule has 2 rings (SSSR count). The summed E-state index contributed by atoms with van der Waals surface area (Å²) in [5.41, 5.74) is 1.31. The highest BCUT2D eigenvalue weighted by molar-refractivity contribution is 6.02. The summed E-state index contributed by atoms with van der Waals surface area (Å²) in [6.45, 7) is 1.83. The van der Waals surface area contributed by atoms with Crippen LogP contribution >= 0.6 is 0 Å². The standard InChI is InChI=1S/C19H20O4/c1-14(8-7-11-15-9-3-2-4-10-15)23-19(22)17-13-6-5-12-16(17)18(20)21/h2-6,9-10,12-14H,7-8,11H2,1H3,(H,20,21)/t14-/m1/s1. The second-order valence-corrected chi connectivity index (χ2v) is 5.44. The van der Waals surface area contributed by atoms with Crippen LogP contribution in [0.1, 0.15) is 46.0 Å². The number of ether oxygens (including phenoxy) is 1. The van der Waals surface area contributed by atoms with Crippen LogP contribution in [0.25, 0.3) is 0 Å². The van der Waals surface area contributed by atoms with Crippen LogP contribution in [0.2, 0.25) is 0 Å². The van der Waals surface area contributed by atoms with E-state index in [2.05, 4.69) is 12.1 Å². The fraction of sp³-hybridized carbons (Fsp3) is 0.263. The van der Waals surface area contributed by atoms with Gasteiger partial charge in [0, 0.05) is 0 Å². The molecule has 120 valence electrons. The molecule has 0 radical (unpaired) electrons. The molecule has 0 heterocycles. The molecule has 4 nitrogen and oxygen atoms in total. The molecule has 0 amide bonds. The number of rotatable bonds is 7. The van der Waals surface area contributed by atoms with Crippen LogP contribution in [0.4, 0.5) is 0 Å². The van der Waals surface area contributed by atoms with Crippen LogP contribution in [0, 0.1) is 0 Å². The molecule has 23 heavy (non-hydrogen) atoms. The van der Waals surface area contributed by atoms with E-state index in [4.69, 9.17) is 9.84 Å². The maximum Gasteiger partial charge on any atom is 0.339 e. The maximum absolute atomic E-state index is 12.1. The minimum absolute atomic E-state index is 0.0333. The largest absolute Gasteiger partial charge is 0.478 e. The van der Waals surface area contributed by atoms with Crippen molar-refractivity contribution in [2.75, 3.05) is 0 Å². The first-order valence-corrected chi connectivity index (χ1v) is 7.65. The van der Waals surface area contributed by atoms with Crippen molar-refractivity contribution >= 4 is 11.9 Å². The Labute approximate surface area is 135 Å². The van der Waals surface area contributed by atoms with Gasteiger partial charge < -0.3 is 9.84 Å². The molecule has 0 unspecified atom stereocenters. The first-order chi connectivity index (χ1) is 11.1. The van der Waals surface area contributed by atoms with Crippen molar-refractivity contribution in [3.63, 3.8) is 0 Å². The highest BCUT2D eigenvalue weighted by atomic mass is 16.5. The molecule has 0 saturated carbocycles. The predicted octanol–water partition coefficient (Wildman–Crippen LogP) is 3.95. The molecule has 1 atom stereocenters. The summed E-state index contributed by atoms with van der Waals surface area (Å²) in [5.74, 6) is -1.72. The molecule has 0 aliphatic carbocycles. The zero-order valence-corrected chi connectivity index (χ0v) is 13.1. The highest BCUT2D eigenvalue weighted by Gasteiger charge is 2.18. The number of aromatic carboxylic acids is 1. The lowest BCUT2D eigenvalue weighted by Gasteiger charge is -2.14. The van der Waals surface area contributed by atoms with Crippen LogP contribution in [0.3, 0.4) is 0 Å². The topological polar surface area (TPSA) is 63.6 Å². The predicted molar refractivity (Wildman–Crippen MR) is 87.7 cm³/mol. The Bertz CT molecular complexity index is 664. The fourth-order valence-corrected chi connectivity index (χ4v) is 2.39. The van der Waals surface area contributed by atoms with Crippen molar-refractivity contribution in [3.05, 3.63) is 71.3 Å². The van der Waals surface area contributed by atoms with E-state index in [1.807, 2.05) is 25.1 Å². The van der Waals surface area contributed by atoms with Gasteiger partial charge in [-0.15, -0.1) is 0 Å². The Morgan fingerprint density at radius 3 is 2.26 bits per heavy atom. The maximum atomic E-state index is 12.1. The zero-order valence-electron chi connectivity index (χ0n) is 13.1. The molecule has 0 aliphatic rings. The van der Waals surface area contributed by atoms with Crippen LogP contribution in [-0.2, 0) is 11.2 Å². The smallest absolute Gasteiger partial charge is 0.339 e. The molecule has 0 fully saturated rings. The van der Waals surface area contributed by atoms with Gasteiger partial charge in [-0.3, -0.25) is 0 Å². The average Bonchev–Trinajstić information content (AvgIpc) is 2.55. The number of carbonyl (C=O) groups excluding carboxylic acids is 1. The molecule has 0 bridgehead atoms. The number of hydrogen-bond donors (Lipinski definition) is 1. The summed E-state index contributed by atoms with van der Waals surface area (Å²) in [7, 11) is 0. The van der Waals surface area contributed by atoms with Gasteiger partial charge in [-0.1, -0.05) is 42.5 Å². The molecule has 0 aromatic heterocycles. The Morgan fingerprint density at radius 1 is 1.00 bits per heavy atom. The van der Waals surface area contributed by atoms with Crippen molar-refractivity contribution in [2.45, 2.75) is 32.3 Å². The van der Waals surface area contributed by atoms with Crippen molar-refractivity contribution in [1.29, 1.82) is 0 Å². The lowest BCUT2D eigenvalue weighted by Crippen LogP contribution is -2.18. The zero-order chi connectivity index (χ0) is 16.7. The van der Waals surface area contributed by atoms with Crippen molar-refractivity contribution in [3.8, 4) is 0 Å². The average molecular weight is 312 g/mol. The number of esters is 1. The molecule has 4 heteroatoms. The van der Waals surface area contributed by atoms with E-state index in [1.54, 1.807) is 12.1 Å². The van der Waals surface area contributed by atoms with Crippen LogP contribution in [0.5, 0.6) is 0 Å². The van der Waals surface area contributed by atoms with Gasteiger partial charge in [-0.25, -0.2) is 9.59 Å². The molecule has 1 N–H and O–H groups in total. The van der Waals surface area contributed by atoms with Crippen LogP contribution in [-0.4, -0.2) is 23.1 Å². The molecule has 0 saturated heterocycles. The van der Waals surface area contributed by atoms with E-state index in [-0.39, 0.29) is 17.2 Å². The van der Waals surface area contributed by atoms with E-state index in [1.165, 1.54) is 17.7 Å². The molecular formula is C19H20O4. The molecule has 0 spiro atoms. The monoisotopic (exact) mass is 312 g/mol. The summed E-state index contributed by atoms with van der Waals surface area (Å²) in [5, 5.41) is 9.11. The normalized spacial score (nSPS) is 11.7. The minimum Gasteiger partial charge on any atom is -0.478 e. The Hall–Kier alpha value is -2.62. The quantitative estimate of drug-likeness (QED) is 0.786. The number of carbonyl (C=O) groups is 2. The molecule has 2 aromatic rings. The van der Waals surface area contributed by atoms with E-state index < -0.39 is 11.9 Å². The second-order valence-electron chi connectivity index (χ2n) is 5.44. The minimum atomic E-state index is -1.13. The number of aryl methyl sites for hydroxylation is 1. The highest BCUT2D eigenvalue weighted by Crippen LogP contribution is 2.14. The Kier molecular flexibility index (Phi) is 5.92. The van der Waals surface area contributed by atoms with Gasteiger partial charge in [0.25, 0.3) is 0 Å². The van der Waals surface area contributed by atoms with Gasteiger partial charge >= 0.3 is 11.9 Å². The third-order valence-corrected chi connectivity index (χ3v) is 3.60. The van der Waals surface area contributed by atoms with E-state index in [0.717, 1.165) is 19.3 Å². The molecule has 2 aromatic carbocycles.